The van der Waals surface area contributed by atoms with E-state index in [9.17, 15) is 14.7 Å². The van der Waals surface area contributed by atoms with Gasteiger partial charge in [0.2, 0.25) is 0 Å². The number of furan rings is 1. The largest absolute Gasteiger partial charge is 0.454 e. The number of nitrogens with zero attached hydrogens (tertiary/aromatic N) is 1. The number of fused-ring (bicyclic) bond motifs is 2. The van der Waals surface area contributed by atoms with Gasteiger partial charge < -0.3 is 23.7 Å². The number of aliphatic hydroxyl groups is 1. The maximum absolute atomic E-state index is 13.4. The molecule has 1 atom stereocenters. The summed E-state index contributed by atoms with van der Waals surface area (Å²) in [6.45, 7) is 8.02. The standard InChI is InChI=1S/C36H43NO7S/c1-6-36(4,44-35(40)23-7-11-24(38)12-8-23)27-15-16-28(43-34(39)22-9-13-25(41-5)14-10-22)32-31(27)37-33(45-32)30-19-26-21(3)17-20(2)18-29(26)42-30/h15-19,22-25,38H,6-14H2,1-5H3. The lowest BCUT2D eigenvalue weighted by Gasteiger charge is -2.33. The lowest BCUT2D eigenvalue weighted by atomic mass is 9.86. The monoisotopic (exact) mass is 633 g/mol. The highest BCUT2D eigenvalue weighted by Gasteiger charge is 2.37. The molecule has 2 aliphatic rings. The third-order valence-corrected chi connectivity index (χ3v) is 10.9. The summed E-state index contributed by atoms with van der Waals surface area (Å²) in [6, 6.07) is 9.85. The molecule has 0 saturated heterocycles. The van der Waals surface area contributed by atoms with Gasteiger partial charge in [0.1, 0.15) is 16.9 Å². The Bertz CT molecular complexity index is 1710. The fourth-order valence-electron chi connectivity index (χ4n) is 6.85. The second-order valence-corrected chi connectivity index (χ2v) is 14.1. The van der Waals surface area contributed by atoms with Crippen LogP contribution in [-0.2, 0) is 24.7 Å². The maximum Gasteiger partial charge on any atom is 0.314 e. The highest BCUT2D eigenvalue weighted by atomic mass is 32.1. The molecular formula is C36H43NO7S. The van der Waals surface area contributed by atoms with E-state index in [1.54, 1.807) is 7.11 Å². The van der Waals surface area contributed by atoms with Crippen LogP contribution in [0.5, 0.6) is 5.75 Å². The SMILES string of the molecule is CCC(C)(OC(=O)C1CCC(O)CC1)c1ccc(OC(=O)C2CCC(OC)CC2)c2sc(-c3cc4c(C)cc(C)cc4o3)nc12. The molecule has 2 saturated carbocycles. The Hall–Kier alpha value is -3.27. The molecular weight excluding hydrogens is 590 g/mol. The summed E-state index contributed by atoms with van der Waals surface area (Å²) in [4.78, 5) is 31.8. The normalized spacial score (nSPS) is 23.6. The first-order valence-electron chi connectivity index (χ1n) is 16.2. The van der Waals surface area contributed by atoms with E-state index in [0.29, 0.717) is 58.8 Å². The predicted octanol–water partition coefficient (Wildman–Crippen LogP) is 8.16. The minimum atomic E-state index is -0.959. The summed E-state index contributed by atoms with van der Waals surface area (Å²) in [7, 11) is 1.72. The van der Waals surface area contributed by atoms with Crippen molar-refractivity contribution in [3.63, 3.8) is 0 Å². The first kappa shape index (κ1) is 31.7. The van der Waals surface area contributed by atoms with Crippen molar-refractivity contribution >= 4 is 44.5 Å². The highest BCUT2D eigenvalue weighted by Crippen LogP contribution is 2.45. The first-order valence-corrected chi connectivity index (χ1v) is 17.0. The molecule has 4 aromatic rings. The molecule has 1 unspecified atom stereocenters. The lowest BCUT2D eigenvalue weighted by Crippen LogP contribution is -2.34. The number of benzene rings is 2. The zero-order valence-electron chi connectivity index (χ0n) is 26.8. The molecule has 2 aliphatic carbocycles. The van der Waals surface area contributed by atoms with E-state index in [2.05, 4.69) is 13.0 Å². The lowest BCUT2D eigenvalue weighted by molar-refractivity contribution is -0.166. The van der Waals surface area contributed by atoms with E-state index < -0.39 is 5.60 Å². The van der Waals surface area contributed by atoms with Crippen molar-refractivity contribution in [1.82, 2.24) is 4.98 Å². The van der Waals surface area contributed by atoms with Crippen LogP contribution in [0.3, 0.4) is 0 Å². The predicted molar refractivity (Wildman–Crippen MR) is 174 cm³/mol. The molecule has 6 rings (SSSR count). The molecule has 9 heteroatoms. The number of esters is 2. The molecule has 2 fully saturated rings. The van der Waals surface area contributed by atoms with Crippen LogP contribution in [-0.4, -0.2) is 41.3 Å². The van der Waals surface area contributed by atoms with Gasteiger partial charge in [0.05, 0.1) is 34.3 Å². The Balaban J connectivity index is 1.38. The fraction of sp³-hybridized carbons (Fsp3) is 0.528. The van der Waals surface area contributed by atoms with Crippen LogP contribution in [0.15, 0.2) is 34.7 Å². The summed E-state index contributed by atoms with van der Waals surface area (Å²) < 4.78 is 24.9. The van der Waals surface area contributed by atoms with Gasteiger partial charge in [-0.25, -0.2) is 4.98 Å². The Labute approximate surface area is 268 Å². The number of ether oxygens (including phenoxy) is 3. The highest BCUT2D eigenvalue weighted by molar-refractivity contribution is 7.22. The van der Waals surface area contributed by atoms with Gasteiger partial charge in [0, 0.05) is 18.1 Å². The van der Waals surface area contributed by atoms with Crippen LogP contribution < -0.4 is 4.74 Å². The molecule has 0 amide bonds. The molecule has 0 spiro atoms. The number of aliphatic hydroxyl groups excluding tert-OH is 1. The van der Waals surface area contributed by atoms with Gasteiger partial charge in [-0.15, -0.1) is 11.3 Å². The zero-order valence-corrected chi connectivity index (χ0v) is 27.6. The van der Waals surface area contributed by atoms with Crippen LogP contribution in [0.25, 0.3) is 32.0 Å². The zero-order chi connectivity index (χ0) is 31.9. The maximum atomic E-state index is 13.4. The third-order valence-electron chi connectivity index (χ3n) is 9.86. The summed E-state index contributed by atoms with van der Waals surface area (Å²) in [5.41, 5.74) is 3.47. The molecule has 0 aliphatic heterocycles. The topological polar surface area (TPSA) is 108 Å². The molecule has 45 heavy (non-hydrogen) atoms. The minimum absolute atomic E-state index is 0.184. The average molecular weight is 634 g/mol. The van der Waals surface area contributed by atoms with E-state index in [1.807, 2.05) is 45.0 Å². The van der Waals surface area contributed by atoms with Crippen LogP contribution in [0.4, 0.5) is 0 Å². The number of carbonyl (C=O) groups excluding carboxylic acids is 2. The van der Waals surface area contributed by atoms with Crippen molar-refractivity contribution in [1.29, 1.82) is 0 Å². The summed E-state index contributed by atoms with van der Waals surface area (Å²) in [5, 5.41) is 11.6. The summed E-state index contributed by atoms with van der Waals surface area (Å²) in [6.07, 6.45) is 5.92. The quantitative estimate of drug-likeness (QED) is 0.153. The molecule has 2 aromatic carbocycles. The molecule has 1 N–H and O–H groups in total. The number of methoxy groups -OCH3 is 1. The molecule has 2 heterocycles. The number of thiazole rings is 1. The molecule has 8 nitrogen and oxygen atoms in total. The average Bonchev–Trinajstić information content (AvgIpc) is 3.67. The Kier molecular flexibility index (Phi) is 9.05. The Morgan fingerprint density at radius 2 is 1.69 bits per heavy atom. The first-order chi connectivity index (χ1) is 21.6. The van der Waals surface area contributed by atoms with Gasteiger partial charge >= 0.3 is 11.9 Å². The van der Waals surface area contributed by atoms with Crippen molar-refractivity contribution in [2.75, 3.05) is 7.11 Å². The smallest absolute Gasteiger partial charge is 0.314 e. The molecule has 240 valence electrons. The van der Waals surface area contributed by atoms with E-state index in [-0.39, 0.29) is 36.0 Å². The van der Waals surface area contributed by atoms with Gasteiger partial charge in [0.15, 0.2) is 10.8 Å². The van der Waals surface area contributed by atoms with E-state index in [4.69, 9.17) is 23.6 Å². The van der Waals surface area contributed by atoms with Gasteiger partial charge in [-0.05, 0) is 114 Å². The van der Waals surface area contributed by atoms with Crippen LogP contribution in [0, 0.1) is 25.7 Å². The molecule has 2 aromatic heterocycles. The van der Waals surface area contributed by atoms with Crippen LogP contribution >= 0.6 is 11.3 Å². The second-order valence-electron chi connectivity index (χ2n) is 13.1. The number of aryl methyl sites for hydroxylation is 2. The number of hydrogen-bond donors (Lipinski definition) is 1. The van der Waals surface area contributed by atoms with Crippen molar-refractivity contribution in [3.05, 3.63) is 47.0 Å². The van der Waals surface area contributed by atoms with Gasteiger partial charge in [0.25, 0.3) is 0 Å². The van der Waals surface area contributed by atoms with Gasteiger partial charge in [-0.3, -0.25) is 9.59 Å². The van der Waals surface area contributed by atoms with E-state index in [1.165, 1.54) is 11.3 Å². The number of rotatable bonds is 8. The molecule has 0 bridgehead atoms. The minimum Gasteiger partial charge on any atom is -0.454 e. The summed E-state index contributed by atoms with van der Waals surface area (Å²) >= 11 is 1.41. The van der Waals surface area contributed by atoms with Crippen molar-refractivity contribution in [2.24, 2.45) is 11.8 Å². The number of hydrogen-bond acceptors (Lipinski definition) is 9. The second kappa shape index (κ2) is 12.9. The van der Waals surface area contributed by atoms with Crippen LogP contribution in [0.2, 0.25) is 0 Å². The van der Waals surface area contributed by atoms with Crippen molar-refractivity contribution < 1.29 is 33.3 Å². The van der Waals surface area contributed by atoms with Gasteiger partial charge in [-0.1, -0.05) is 13.0 Å². The van der Waals surface area contributed by atoms with Gasteiger partial charge in [-0.2, -0.15) is 0 Å². The van der Waals surface area contributed by atoms with E-state index >= 15 is 0 Å². The fourth-order valence-corrected chi connectivity index (χ4v) is 7.84. The number of aromatic nitrogens is 1. The summed E-state index contributed by atoms with van der Waals surface area (Å²) in [5.74, 6) is 0.169. The molecule has 0 radical (unpaired) electrons. The Morgan fingerprint density at radius 3 is 2.38 bits per heavy atom. The van der Waals surface area contributed by atoms with Crippen LogP contribution in [0.1, 0.15) is 88.3 Å². The van der Waals surface area contributed by atoms with Crippen molar-refractivity contribution in [2.45, 2.75) is 103 Å². The third kappa shape index (κ3) is 6.40. The van der Waals surface area contributed by atoms with E-state index in [0.717, 1.165) is 53.3 Å². The Morgan fingerprint density at radius 1 is 1.00 bits per heavy atom. The van der Waals surface area contributed by atoms with Crippen molar-refractivity contribution in [3.8, 4) is 16.5 Å². The number of carbonyl (C=O) groups is 2.